The minimum Gasteiger partial charge on any atom is -0.476 e. The molecule has 1 amide bonds. The number of hydrogen-bond donors (Lipinski definition) is 2. The van der Waals surface area contributed by atoms with Crippen molar-refractivity contribution >= 4 is 23.2 Å². The lowest BCUT2D eigenvalue weighted by Gasteiger charge is -2.03. The second-order valence-electron chi connectivity index (χ2n) is 4.13. The van der Waals surface area contributed by atoms with E-state index in [0.717, 1.165) is 5.69 Å². The topological polar surface area (TPSA) is 92.2 Å². The lowest BCUT2D eigenvalue weighted by Crippen LogP contribution is -2.25. The molecule has 20 heavy (non-hydrogen) atoms. The highest BCUT2D eigenvalue weighted by Gasteiger charge is 2.09. The third-order valence-corrected chi connectivity index (χ3v) is 3.48. The monoisotopic (exact) mass is 291 g/mol. The SMILES string of the molecule is Cc1ccc(C(=O)NCCc2nc(C(=O)O)cs2)cn1. The van der Waals surface area contributed by atoms with Crippen LogP contribution in [0.2, 0.25) is 0 Å². The summed E-state index contributed by atoms with van der Waals surface area (Å²) in [5.74, 6) is -1.24. The molecule has 0 saturated heterocycles. The van der Waals surface area contributed by atoms with Crippen molar-refractivity contribution in [1.82, 2.24) is 15.3 Å². The first-order valence-corrected chi connectivity index (χ1v) is 6.83. The molecule has 0 saturated carbocycles. The van der Waals surface area contributed by atoms with Crippen LogP contribution >= 0.6 is 11.3 Å². The fourth-order valence-electron chi connectivity index (χ4n) is 1.51. The van der Waals surface area contributed by atoms with Crippen molar-refractivity contribution in [3.05, 3.63) is 45.7 Å². The van der Waals surface area contributed by atoms with Gasteiger partial charge in [-0.25, -0.2) is 9.78 Å². The molecule has 6 nitrogen and oxygen atoms in total. The summed E-state index contributed by atoms with van der Waals surface area (Å²) in [5.41, 5.74) is 1.39. The molecule has 0 aliphatic rings. The molecule has 0 aromatic carbocycles. The number of thiazole rings is 1. The van der Waals surface area contributed by atoms with Crippen LogP contribution in [0.5, 0.6) is 0 Å². The summed E-state index contributed by atoms with van der Waals surface area (Å²) in [6, 6.07) is 3.48. The average molecular weight is 291 g/mol. The van der Waals surface area contributed by atoms with Crippen LogP contribution < -0.4 is 5.32 Å². The van der Waals surface area contributed by atoms with E-state index in [1.807, 2.05) is 6.92 Å². The van der Waals surface area contributed by atoms with Crippen LogP contribution in [0.4, 0.5) is 0 Å². The summed E-state index contributed by atoms with van der Waals surface area (Å²) >= 11 is 1.27. The number of carboxylic acids is 1. The number of rotatable bonds is 5. The molecule has 0 fully saturated rings. The van der Waals surface area contributed by atoms with Gasteiger partial charge in [-0.3, -0.25) is 9.78 Å². The highest BCUT2D eigenvalue weighted by molar-refractivity contribution is 7.09. The quantitative estimate of drug-likeness (QED) is 0.871. The summed E-state index contributed by atoms with van der Waals surface area (Å²) < 4.78 is 0. The van der Waals surface area contributed by atoms with Gasteiger partial charge in [-0.2, -0.15) is 0 Å². The minimum atomic E-state index is -1.04. The van der Waals surface area contributed by atoms with Gasteiger partial charge in [0.2, 0.25) is 0 Å². The maximum absolute atomic E-state index is 11.8. The first-order chi connectivity index (χ1) is 9.56. The van der Waals surface area contributed by atoms with E-state index in [0.29, 0.717) is 23.5 Å². The Balaban J connectivity index is 1.84. The summed E-state index contributed by atoms with van der Waals surface area (Å²) in [4.78, 5) is 30.5. The van der Waals surface area contributed by atoms with Crippen LogP contribution in [0.3, 0.4) is 0 Å². The van der Waals surface area contributed by atoms with Crippen LogP contribution in [0, 0.1) is 6.92 Å². The van der Waals surface area contributed by atoms with E-state index in [2.05, 4.69) is 15.3 Å². The molecule has 2 aromatic heterocycles. The summed E-state index contributed by atoms with van der Waals surface area (Å²) in [7, 11) is 0. The third kappa shape index (κ3) is 3.61. The van der Waals surface area contributed by atoms with Gasteiger partial charge >= 0.3 is 5.97 Å². The van der Waals surface area contributed by atoms with Gasteiger partial charge in [-0.15, -0.1) is 11.3 Å². The van der Waals surface area contributed by atoms with E-state index in [-0.39, 0.29) is 11.6 Å². The Kier molecular flexibility index (Phi) is 4.41. The summed E-state index contributed by atoms with van der Waals surface area (Å²) in [6.45, 7) is 2.25. The Bertz CT molecular complexity index is 622. The number of carbonyl (C=O) groups is 2. The molecule has 2 heterocycles. The van der Waals surface area contributed by atoms with Gasteiger partial charge in [0, 0.05) is 30.2 Å². The molecule has 0 spiro atoms. The number of nitrogens with zero attached hydrogens (tertiary/aromatic N) is 2. The first-order valence-electron chi connectivity index (χ1n) is 5.95. The Labute approximate surface area is 119 Å². The second-order valence-corrected chi connectivity index (χ2v) is 5.07. The number of amides is 1. The van der Waals surface area contributed by atoms with E-state index in [4.69, 9.17) is 5.11 Å². The Morgan fingerprint density at radius 1 is 1.40 bits per heavy atom. The second kappa shape index (κ2) is 6.25. The molecule has 2 aromatic rings. The van der Waals surface area contributed by atoms with Crippen LogP contribution in [0.1, 0.15) is 31.5 Å². The fraction of sp³-hybridized carbons (Fsp3) is 0.231. The fourth-order valence-corrected chi connectivity index (χ4v) is 2.28. The van der Waals surface area contributed by atoms with E-state index in [1.165, 1.54) is 22.9 Å². The van der Waals surface area contributed by atoms with Crippen molar-refractivity contribution in [2.75, 3.05) is 6.54 Å². The van der Waals surface area contributed by atoms with E-state index in [1.54, 1.807) is 12.1 Å². The molecule has 0 atom stereocenters. The average Bonchev–Trinajstić information content (AvgIpc) is 2.88. The van der Waals surface area contributed by atoms with Crippen molar-refractivity contribution in [3.8, 4) is 0 Å². The van der Waals surface area contributed by atoms with Gasteiger partial charge in [0.25, 0.3) is 5.91 Å². The molecular formula is C13H13N3O3S. The summed E-state index contributed by atoms with van der Waals surface area (Å²) in [5, 5.41) is 13.7. The van der Waals surface area contributed by atoms with Crippen LogP contribution in [-0.4, -0.2) is 33.5 Å². The molecular weight excluding hydrogens is 278 g/mol. The van der Waals surface area contributed by atoms with Crippen molar-refractivity contribution < 1.29 is 14.7 Å². The minimum absolute atomic E-state index is 0.0408. The van der Waals surface area contributed by atoms with E-state index < -0.39 is 5.97 Å². The predicted molar refractivity (Wildman–Crippen MR) is 74.1 cm³/mol. The van der Waals surface area contributed by atoms with Crippen molar-refractivity contribution in [2.45, 2.75) is 13.3 Å². The number of hydrogen-bond acceptors (Lipinski definition) is 5. The van der Waals surface area contributed by atoms with E-state index >= 15 is 0 Å². The van der Waals surface area contributed by atoms with Gasteiger partial charge in [0.15, 0.2) is 5.69 Å². The third-order valence-electron chi connectivity index (χ3n) is 2.57. The van der Waals surface area contributed by atoms with Gasteiger partial charge in [-0.05, 0) is 19.1 Å². The van der Waals surface area contributed by atoms with Crippen LogP contribution in [0.15, 0.2) is 23.7 Å². The maximum Gasteiger partial charge on any atom is 0.355 e. The highest BCUT2D eigenvalue weighted by atomic mass is 32.1. The standard InChI is InChI=1S/C13H13N3O3S/c1-8-2-3-9(6-15-8)12(17)14-5-4-11-16-10(7-20-11)13(18)19/h2-3,6-7H,4-5H2,1H3,(H,14,17)(H,18,19). The molecule has 0 radical (unpaired) electrons. The lowest BCUT2D eigenvalue weighted by atomic mass is 10.2. The first kappa shape index (κ1) is 14.1. The molecule has 2 N–H and O–H groups in total. The number of aromatic carboxylic acids is 1. The van der Waals surface area contributed by atoms with Gasteiger partial charge in [-0.1, -0.05) is 0 Å². The molecule has 0 aliphatic heterocycles. The number of carbonyl (C=O) groups excluding carboxylic acids is 1. The van der Waals surface area contributed by atoms with Crippen LogP contribution in [-0.2, 0) is 6.42 Å². The molecule has 0 unspecified atom stereocenters. The van der Waals surface area contributed by atoms with Crippen LogP contribution in [0.25, 0.3) is 0 Å². The van der Waals surface area contributed by atoms with E-state index in [9.17, 15) is 9.59 Å². The molecule has 2 rings (SSSR count). The number of aromatic nitrogens is 2. The number of carboxylic acid groups (broad SMARTS) is 1. The Morgan fingerprint density at radius 3 is 2.80 bits per heavy atom. The zero-order chi connectivity index (χ0) is 14.5. The van der Waals surface area contributed by atoms with Crippen molar-refractivity contribution in [2.24, 2.45) is 0 Å². The molecule has 7 heteroatoms. The van der Waals surface area contributed by atoms with Gasteiger partial charge in [0.05, 0.1) is 10.6 Å². The molecule has 104 valence electrons. The zero-order valence-electron chi connectivity index (χ0n) is 10.8. The normalized spacial score (nSPS) is 10.2. The Morgan fingerprint density at radius 2 is 2.20 bits per heavy atom. The van der Waals surface area contributed by atoms with Gasteiger partial charge < -0.3 is 10.4 Å². The Hall–Kier alpha value is -2.28. The summed E-state index contributed by atoms with van der Waals surface area (Å²) in [6.07, 6.45) is 2.03. The number of pyridine rings is 1. The largest absolute Gasteiger partial charge is 0.476 e. The molecule has 0 aliphatic carbocycles. The lowest BCUT2D eigenvalue weighted by molar-refractivity contribution is 0.0690. The molecule has 0 bridgehead atoms. The number of nitrogens with one attached hydrogen (secondary N) is 1. The highest BCUT2D eigenvalue weighted by Crippen LogP contribution is 2.10. The number of aryl methyl sites for hydroxylation is 1. The van der Waals surface area contributed by atoms with Gasteiger partial charge in [0.1, 0.15) is 0 Å². The van der Waals surface area contributed by atoms with Crippen molar-refractivity contribution in [1.29, 1.82) is 0 Å². The predicted octanol–water partition coefficient (Wildman–Crippen LogP) is 1.52. The smallest absolute Gasteiger partial charge is 0.355 e. The maximum atomic E-state index is 11.8. The van der Waals surface area contributed by atoms with Crippen molar-refractivity contribution in [3.63, 3.8) is 0 Å². The zero-order valence-corrected chi connectivity index (χ0v) is 11.6.